The minimum Gasteiger partial charge on any atom is -0.370 e. The van der Waals surface area contributed by atoms with Gasteiger partial charge in [-0.3, -0.25) is 0 Å². The average molecular weight is 330 g/mol. The molecule has 0 unspecified atom stereocenters. The molecule has 24 heavy (non-hydrogen) atoms. The highest BCUT2D eigenvalue weighted by atomic mass is 16.2. The summed E-state index contributed by atoms with van der Waals surface area (Å²) in [5.74, 6) is 0. The van der Waals surface area contributed by atoms with Gasteiger partial charge in [0.2, 0.25) is 0 Å². The van der Waals surface area contributed by atoms with Crippen molar-refractivity contribution in [3.63, 3.8) is 0 Å². The van der Waals surface area contributed by atoms with Gasteiger partial charge in [0, 0.05) is 39.3 Å². The number of rotatable bonds is 14. The number of urea groups is 1. The maximum atomic E-state index is 11.5. The van der Waals surface area contributed by atoms with Gasteiger partial charge in [0.05, 0.1) is 0 Å². The van der Waals surface area contributed by atoms with Crippen LogP contribution < -0.4 is 5.73 Å². The van der Waals surface area contributed by atoms with E-state index in [0.717, 1.165) is 26.2 Å². The molecule has 0 fully saturated rings. The zero-order valence-electron chi connectivity index (χ0n) is 14.5. The number of carbonyl (C=O) groups excluding carboxylic acids is 1. The van der Waals surface area contributed by atoms with Gasteiger partial charge in [-0.25, -0.2) is 4.79 Å². The van der Waals surface area contributed by atoms with Crippen LogP contribution in [0, 0.1) is 0 Å². The van der Waals surface area contributed by atoms with Crippen LogP contribution in [0.4, 0.5) is 4.79 Å². The lowest BCUT2D eigenvalue weighted by molar-refractivity contribution is 0.217. The second-order valence-corrected chi connectivity index (χ2v) is 5.08. The molecule has 5 heteroatoms. The third kappa shape index (κ3) is 10.1. The van der Waals surface area contributed by atoms with E-state index in [1.165, 1.54) is 0 Å². The smallest absolute Gasteiger partial charge is 0.315 e. The van der Waals surface area contributed by atoms with Crippen molar-refractivity contribution in [3.8, 4) is 0 Å². The van der Waals surface area contributed by atoms with E-state index in [1.54, 1.807) is 4.90 Å². The van der Waals surface area contributed by atoms with Crippen LogP contribution in [0.25, 0.3) is 0 Å². The van der Waals surface area contributed by atoms with Gasteiger partial charge in [-0.05, 0) is 24.6 Å². The molecule has 5 nitrogen and oxygen atoms in total. The molecule has 2 N–H and O–H groups in total. The van der Waals surface area contributed by atoms with Gasteiger partial charge in [0.1, 0.15) is 0 Å². The van der Waals surface area contributed by atoms with Crippen molar-refractivity contribution in [2.75, 3.05) is 39.3 Å². The Bertz CT molecular complexity index is 412. The first-order valence-corrected chi connectivity index (χ1v) is 7.88. The maximum absolute atomic E-state index is 11.5. The first-order valence-electron chi connectivity index (χ1n) is 7.88. The summed E-state index contributed by atoms with van der Waals surface area (Å²) < 4.78 is 0. The molecule has 2 amide bonds. The second kappa shape index (κ2) is 13.9. The van der Waals surface area contributed by atoms with Gasteiger partial charge in [-0.15, -0.1) is 26.3 Å². The Balaban J connectivity index is 4.60. The van der Waals surface area contributed by atoms with Crippen molar-refractivity contribution < 1.29 is 4.79 Å². The molecule has 132 valence electrons. The monoisotopic (exact) mass is 330 g/mol. The summed E-state index contributed by atoms with van der Waals surface area (Å²) in [5.41, 5.74) is 5.43. The summed E-state index contributed by atoms with van der Waals surface area (Å²) in [7, 11) is 0. The molecule has 0 rings (SSSR count). The lowest BCUT2D eigenvalue weighted by Crippen LogP contribution is -2.36. The van der Waals surface area contributed by atoms with Crippen LogP contribution in [0.1, 0.15) is 0 Å². The topological polar surface area (TPSA) is 52.8 Å². The molecule has 0 bridgehead atoms. The van der Waals surface area contributed by atoms with Gasteiger partial charge in [-0.2, -0.15) is 0 Å². The van der Waals surface area contributed by atoms with Crippen LogP contribution in [-0.2, 0) is 0 Å². The van der Waals surface area contributed by atoms with Crippen LogP contribution >= 0.6 is 0 Å². The Morgan fingerprint density at radius 1 is 0.708 bits per heavy atom. The molecule has 0 spiro atoms. The number of nitrogens with zero attached hydrogens (tertiary/aromatic N) is 3. The highest BCUT2D eigenvalue weighted by Crippen LogP contribution is 1.96. The maximum Gasteiger partial charge on any atom is 0.315 e. The molecule has 0 atom stereocenters. The van der Waals surface area contributed by atoms with Gasteiger partial charge in [-0.1, -0.05) is 24.3 Å². The van der Waals surface area contributed by atoms with Crippen LogP contribution in [0.15, 0.2) is 75.2 Å². The van der Waals surface area contributed by atoms with E-state index >= 15 is 0 Å². The summed E-state index contributed by atoms with van der Waals surface area (Å²) in [6, 6.07) is -0.456. The van der Waals surface area contributed by atoms with Crippen LogP contribution in [0.3, 0.4) is 0 Å². The molecule has 0 aromatic heterocycles. The fraction of sp³-hybridized carbons (Fsp3) is 0.316. The fourth-order valence-electron chi connectivity index (χ4n) is 1.96. The SMILES string of the molecule is C=CCN(/C=C/CN(C/C=C/N(CC=C)CC=C)C(N)=O)CC=C. The largest absolute Gasteiger partial charge is 0.370 e. The van der Waals surface area contributed by atoms with E-state index in [0.29, 0.717) is 13.1 Å². The highest BCUT2D eigenvalue weighted by Gasteiger charge is 2.05. The molecule has 0 saturated carbocycles. The Morgan fingerprint density at radius 2 is 1.04 bits per heavy atom. The van der Waals surface area contributed by atoms with Crippen molar-refractivity contribution in [3.05, 3.63) is 75.2 Å². The first-order chi connectivity index (χ1) is 11.6. The van der Waals surface area contributed by atoms with Crippen molar-refractivity contribution in [2.45, 2.75) is 0 Å². The van der Waals surface area contributed by atoms with Crippen LogP contribution in [0.2, 0.25) is 0 Å². The number of hydrogen-bond donors (Lipinski definition) is 1. The summed E-state index contributed by atoms with van der Waals surface area (Å²) in [5, 5.41) is 0. The molecule has 0 aliphatic carbocycles. The predicted molar refractivity (Wildman–Crippen MR) is 103 cm³/mol. The molecule has 0 saturated heterocycles. The fourth-order valence-corrected chi connectivity index (χ4v) is 1.96. The number of hydrogen-bond acceptors (Lipinski definition) is 3. The summed E-state index contributed by atoms with van der Waals surface area (Å²) >= 11 is 0. The quantitative estimate of drug-likeness (QED) is 0.498. The average Bonchev–Trinajstić information content (AvgIpc) is 2.54. The third-order valence-corrected chi connectivity index (χ3v) is 3.05. The standard InChI is InChI=1S/C19H30N4O/c1-5-11-21(12-6-2)15-9-17-23(19(20)24)18-10-16-22(13-7-3)14-8-4/h5-10,15-16H,1-4,11-14,17-18H2,(H2,20,24)/b15-9+,16-10+. The Labute approximate surface area is 146 Å². The van der Waals surface area contributed by atoms with Gasteiger partial charge >= 0.3 is 6.03 Å². The number of carbonyl (C=O) groups is 1. The van der Waals surface area contributed by atoms with E-state index in [-0.39, 0.29) is 0 Å². The minimum atomic E-state index is -0.456. The highest BCUT2D eigenvalue weighted by molar-refractivity contribution is 5.72. The molecule has 0 aliphatic rings. The molecule has 0 aromatic rings. The first kappa shape index (κ1) is 21.3. The third-order valence-electron chi connectivity index (χ3n) is 3.05. The lowest BCUT2D eigenvalue weighted by atomic mass is 10.4. The summed E-state index contributed by atoms with van der Waals surface area (Å²) in [4.78, 5) is 17.2. The summed E-state index contributed by atoms with van der Waals surface area (Å²) in [6.45, 7) is 18.6. The van der Waals surface area contributed by atoms with E-state index in [1.807, 2.05) is 58.7 Å². The van der Waals surface area contributed by atoms with E-state index in [2.05, 4.69) is 26.3 Å². The Morgan fingerprint density at radius 3 is 1.29 bits per heavy atom. The normalized spacial score (nSPS) is 10.5. The predicted octanol–water partition coefficient (Wildman–Crippen LogP) is 2.74. The number of primary amides is 1. The van der Waals surface area contributed by atoms with Gasteiger partial charge < -0.3 is 20.4 Å². The number of nitrogens with two attached hydrogens (primary N) is 1. The molecule has 0 heterocycles. The van der Waals surface area contributed by atoms with Crippen molar-refractivity contribution in [1.29, 1.82) is 0 Å². The van der Waals surface area contributed by atoms with E-state index < -0.39 is 6.03 Å². The van der Waals surface area contributed by atoms with Crippen LogP contribution in [-0.4, -0.2) is 60.0 Å². The van der Waals surface area contributed by atoms with Crippen molar-refractivity contribution >= 4 is 6.03 Å². The molecular formula is C19H30N4O. The zero-order valence-corrected chi connectivity index (χ0v) is 14.5. The van der Waals surface area contributed by atoms with E-state index in [4.69, 9.17) is 5.73 Å². The Kier molecular flexibility index (Phi) is 12.4. The van der Waals surface area contributed by atoms with Crippen molar-refractivity contribution in [2.24, 2.45) is 5.73 Å². The minimum absolute atomic E-state index is 0.438. The molecule has 0 aromatic carbocycles. The second-order valence-electron chi connectivity index (χ2n) is 5.08. The van der Waals surface area contributed by atoms with Gasteiger partial charge in [0.15, 0.2) is 0 Å². The Hall–Kier alpha value is -2.69. The van der Waals surface area contributed by atoms with Gasteiger partial charge in [0.25, 0.3) is 0 Å². The van der Waals surface area contributed by atoms with Crippen molar-refractivity contribution in [1.82, 2.24) is 14.7 Å². The van der Waals surface area contributed by atoms with E-state index in [9.17, 15) is 4.79 Å². The molecule has 0 radical (unpaired) electrons. The summed E-state index contributed by atoms with van der Waals surface area (Å²) in [6.07, 6.45) is 14.9. The lowest BCUT2D eigenvalue weighted by Gasteiger charge is -2.20. The van der Waals surface area contributed by atoms with Crippen LogP contribution in [0.5, 0.6) is 0 Å². The number of amides is 2. The molecule has 0 aliphatic heterocycles. The molecular weight excluding hydrogens is 300 g/mol. The zero-order chi connectivity index (χ0) is 18.2.